The summed E-state index contributed by atoms with van der Waals surface area (Å²) in [7, 11) is 0. The number of hydrogen-bond donors (Lipinski definition) is 1. The van der Waals surface area contributed by atoms with Crippen LogP contribution in [0.1, 0.15) is 16.2 Å². The van der Waals surface area contributed by atoms with Crippen LogP contribution in [0.15, 0.2) is 10.6 Å². The van der Waals surface area contributed by atoms with Crippen LogP contribution in [0.5, 0.6) is 0 Å². The zero-order valence-electron chi connectivity index (χ0n) is 10.3. The van der Waals surface area contributed by atoms with Crippen LogP contribution < -0.4 is 5.73 Å². The number of nitrogens with two attached hydrogens (primary N) is 1. The molecule has 0 aliphatic carbocycles. The third-order valence-corrected chi connectivity index (χ3v) is 3.02. The monoisotopic (exact) mass is 268 g/mol. The molecule has 0 radical (unpaired) electrons. The predicted molar refractivity (Wildman–Crippen MR) is 70.4 cm³/mol. The molecule has 2 rings (SSSR count). The molecule has 1 amide bonds. The Morgan fingerprint density at radius 1 is 1.50 bits per heavy atom. The first kappa shape index (κ1) is 13.0. The van der Waals surface area contributed by atoms with Gasteiger partial charge in [-0.25, -0.2) is 0 Å². The fraction of sp³-hybridized carbons (Fsp3) is 0.545. The SMILES string of the molecule is Cc1cc(C(=O)N2CCN(CC(N)=S)CC2)no1. The Hall–Kier alpha value is -1.47. The average molecular weight is 268 g/mol. The molecule has 0 unspecified atom stereocenters. The highest BCUT2D eigenvalue weighted by molar-refractivity contribution is 7.80. The van der Waals surface area contributed by atoms with Gasteiger partial charge in [-0.1, -0.05) is 17.4 Å². The number of hydrogen-bond acceptors (Lipinski definition) is 5. The predicted octanol–water partition coefficient (Wildman–Crippen LogP) is 0.0269. The van der Waals surface area contributed by atoms with E-state index in [1.54, 1.807) is 17.9 Å². The third kappa shape index (κ3) is 3.05. The largest absolute Gasteiger partial charge is 0.392 e. The molecular formula is C11H16N4O2S. The van der Waals surface area contributed by atoms with Crippen LogP contribution in [0.25, 0.3) is 0 Å². The van der Waals surface area contributed by atoms with Crippen molar-refractivity contribution in [3.63, 3.8) is 0 Å². The maximum atomic E-state index is 12.1. The van der Waals surface area contributed by atoms with Crippen molar-refractivity contribution in [3.05, 3.63) is 17.5 Å². The molecule has 1 aliphatic rings. The Kier molecular flexibility index (Phi) is 3.93. The summed E-state index contributed by atoms with van der Waals surface area (Å²) in [4.78, 5) is 16.5. The second-order valence-electron chi connectivity index (χ2n) is 4.36. The Morgan fingerprint density at radius 3 is 2.67 bits per heavy atom. The van der Waals surface area contributed by atoms with E-state index in [4.69, 9.17) is 22.5 Å². The lowest BCUT2D eigenvalue weighted by molar-refractivity contribution is 0.0644. The number of aryl methyl sites for hydroxylation is 1. The molecule has 1 saturated heterocycles. The first-order valence-corrected chi connectivity index (χ1v) is 6.20. The van der Waals surface area contributed by atoms with Gasteiger partial charge in [0.25, 0.3) is 5.91 Å². The standard InChI is InChI=1S/C11H16N4O2S/c1-8-6-9(13-17-8)11(16)15-4-2-14(3-5-15)7-10(12)18/h6H,2-5,7H2,1H3,(H2,12,18). The summed E-state index contributed by atoms with van der Waals surface area (Å²) >= 11 is 4.87. The third-order valence-electron chi connectivity index (χ3n) is 2.89. The van der Waals surface area contributed by atoms with E-state index >= 15 is 0 Å². The minimum Gasteiger partial charge on any atom is -0.392 e. The van der Waals surface area contributed by atoms with E-state index in [1.165, 1.54) is 0 Å². The molecule has 1 fully saturated rings. The topological polar surface area (TPSA) is 75.6 Å². The minimum atomic E-state index is -0.0816. The lowest BCUT2D eigenvalue weighted by Crippen LogP contribution is -2.50. The molecule has 0 spiro atoms. The molecule has 18 heavy (non-hydrogen) atoms. The molecular weight excluding hydrogens is 252 g/mol. The number of aromatic nitrogens is 1. The highest BCUT2D eigenvalue weighted by Gasteiger charge is 2.24. The summed E-state index contributed by atoms with van der Waals surface area (Å²) in [6, 6.07) is 1.66. The van der Waals surface area contributed by atoms with Crippen molar-refractivity contribution in [2.75, 3.05) is 32.7 Å². The van der Waals surface area contributed by atoms with Gasteiger partial charge in [-0.15, -0.1) is 0 Å². The molecule has 2 N–H and O–H groups in total. The summed E-state index contributed by atoms with van der Waals surface area (Å²) < 4.78 is 4.91. The molecule has 1 aromatic heterocycles. The molecule has 98 valence electrons. The number of thiocarbonyl (C=S) groups is 1. The molecule has 0 saturated carbocycles. The smallest absolute Gasteiger partial charge is 0.276 e. The maximum absolute atomic E-state index is 12.1. The van der Waals surface area contributed by atoms with E-state index < -0.39 is 0 Å². The molecule has 2 heterocycles. The minimum absolute atomic E-state index is 0.0816. The van der Waals surface area contributed by atoms with Crippen LogP contribution in [0.2, 0.25) is 0 Å². The summed E-state index contributed by atoms with van der Waals surface area (Å²) in [5.41, 5.74) is 5.87. The van der Waals surface area contributed by atoms with Crippen molar-refractivity contribution in [3.8, 4) is 0 Å². The summed E-state index contributed by atoms with van der Waals surface area (Å²) in [6.07, 6.45) is 0. The van der Waals surface area contributed by atoms with Gasteiger partial charge in [0, 0.05) is 38.8 Å². The molecule has 7 heteroatoms. The summed E-state index contributed by atoms with van der Waals surface area (Å²) in [5.74, 6) is 0.562. The Labute approximate surface area is 111 Å². The van der Waals surface area contributed by atoms with Gasteiger partial charge in [0.2, 0.25) is 0 Å². The van der Waals surface area contributed by atoms with E-state index in [1.807, 2.05) is 0 Å². The van der Waals surface area contributed by atoms with Gasteiger partial charge in [-0.05, 0) is 6.92 Å². The molecule has 1 aliphatic heterocycles. The molecule has 0 aromatic carbocycles. The zero-order valence-corrected chi connectivity index (χ0v) is 11.1. The van der Waals surface area contributed by atoms with Gasteiger partial charge in [0.05, 0.1) is 4.99 Å². The van der Waals surface area contributed by atoms with E-state index in [2.05, 4.69) is 10.1 Å². The van der Waals surface area contributed by atoms with Crippen molar-refractivity contribution in [2.24, 2.45) is 5.73 Å². The lowest BCUT2D eigenvalue weighted by atomic mass is 10.2. The van der Waals surface area contributed by atoms with Gasteiger partial charge in [0.1, 0.15) is 5.76 Å². The highest BCUT2D eigenvalue weighted by atomic mass is 32.1. The fourth-order valence-electron chi connectivity index (χ4n) is 1.96. The van der Waals surface area contributed by atoms with Crippen molar-refractivity contribution >= 4 is 23.1 Å². The first-order valence-electron chi connectivity index (χ1n) is 5.79. The highest BCUT2D eigenvalue weighted by Crippen LogP contribution is 2.09. The van der Waals surface area contributed by atoms with Crippen LogP contribution in [-0.4, -0.2) is 58.6 Å². The summed E-state index contributed by atoms with van der Waals surface area (Å²) in [5, 5.41) is 3.74. The Morgan fingerprint density at radius 2 is 2.17 bits per heavy atom. The van der Waals surface area contributed by atoms with Gasteiger partial charge >= 0.3 is 0 Å². The van der Waals surface area contributed by atoms with Crippen molar-refractivity contribution in [2.45, 2.75) is 6.92 Å². The van der Waals surface area contributed by atoms with Gasteiger partial charge < -0.3 is 15.2 Å². The zero-order chi connectivity index (χ0) is 13.1. The maximum Gasteiger partial charge on any atom is 0.276 e. The average Bonchev–Trinajstić information content (AvgIpc) is 2.75. The molecule has 0 atom stereocenters. The van der Waals surface area contributed by atoms with Crippen molar-refractivity contribution in [1.82, 2.24) is 15.0 Å². The van der Waals surface area contributed by atoms with E-state index in [0.717, 1.165) is 13.1 Å². The quantitative estimate of drug-likeness (QED) is 0.779. The molecule has 6 nitrogen and oxygen atoms in total. The lowest BCUT2D eigenvalue weighted by Gasteiger charge is -2.33. The van der Waals surface area contributed by atoms with Gasteiger partial charge in [-0.2, -0.15) is 0 Å². The van der Waals surface area contributed by atoms with Crippen molar-refractivity contribution < 1.29 is 9.32 Å². The number of nitrogens with zero attached hydrogens (tertiary/aromatic N) is 3. The number of carbonyl (C=O) groups is 1. The number of amides is 1. The fourth-order valence-corrected chi connectivity index (χ4v) is 2.14. The van der Waals surface area contributed by atoms with E-state index in [0.29, 0.717) is 36.1 Å². The second kappa shape index (κ2) is 5.45. The van der Waals surface area contributed by atoms with Gasteiger partial charge in [0.15, 0.2) is 5.69 Å². The van der Waals surface area contributed by atoms with Crippen molar-refractivity contribution in [1.29, 1.82) is 0 Å². The number of rotatable bonds is 3. The molecule has 0 bridgehead atoms. The normalized spacial score (nSPS) is 16.8. The Bertz CT molecular complexity index is 452. The van der Waals surface area contributed by atoms with Crippen LogP contribution in [0, 0.1) is 6.92 Å². The molecule has 1 aromatic rings. The van der Waals surface area contributed by atoms with Crippen LogP contribution >= 0.6 is 12.2 Å². The second-order valence-corrected chi connectivity index (χ2v) is 4.88. The number of piperazine rings is 1. The van der Waals surface area contributed by atoms with E-state index in [-0.39, 0.29) is 5.91 Å². The van der Waals surface area contributed by atoms with Crippen LogP contribution in [0.3, 0.4) is 0 Å². The summed E-state index contributed by atoms with van der Waals surface area (Å²) in [6.45, 7) is 5.25. The van der Waals surface area contributed by atoms with E-state index in [9.17, 15) is 4.79 Å². The van der Waals surface area contributed by atoms with Gasteiger partial charge in [-0.3, -0.25) is 9.69 Å². The first-order chi connectivity index (χ1) is 8.56. The number of carbonyl (C=O) groups excluding carboxylic acids is 1. The van der Waals surface area contributed by atoms with Crippen LogP contribution in [0.4, 0.5) is 0 Å². The van der Waals surface area contributed by atoms with Crippen LogP contribution in [-0.2, 0) is 0 Å². The Balaban J connectivity index is 1.90.